The van der Waals surface area contributed by atoms with Crippen LogP contribution in [-0.2, 0) is 14.8 Å². The van der Waals surface area contributed by atoms with Crippen LogP contribution in [0.4, 0.5) is 0 Å². The summed E-state index contributed by atoms with van der Waals surface area (Å²) in [6.07, 6.45) is -1.33. The largest absolute Gasteiger partial charge is 0.487 e. The molecule has 0 spiro atoms. The number of hydrogen-bond donors (Lipinski definition) is 2. The van der Waals surface area contributed by atoms with E-state index in [-0.39, 0.29) is 48.7 Å². The van der Waals surface area contributed by atoms with Crippen LogP contribution >= 0.6 is 0 Å². The molecule has 9 nitrogen and oxygen atoms in total. The van der Waals surface area contributed by atoms with Gasteiger partial charge in [-0.25, -0.2) is 8.42 Å². The summed E-state index contributed by atoms with van der Waals surface area (Å²) in [6, 6.07) is 3.90. The van der Waals surface area contributed by atoms with Gasteiger partial charge in [0.1, 0.15) is 22.9 Å². The first-order valence-electron chi connectivity index (χ1n) is 10.9. The molecule has 0 radical (unpaired) electrons. The number of carbonyl (C=O) groups excluding carboxylic acids is 1. The number of fused-ring (bicyclic) bond motifs is 1. The number of likely N-dealkylation sites (N-methyl/N-ethyl adjacent to an activating group) is 2. The summed E-state index contributed by atoms with van der Waals surface area (Å²) in [5, 5.41) is 19.2. The van der Waals surface area contributed by atoms with Crippen LogP contribution in [0, 0.1) is 17.8 Å². The topological polar surface area (TPSA) is 111 Å². The molecule has 0 saturated carbocycles. The second-order valence-corrected chi connectivity index (χ2v) is 10.7. The number of nitrogens with zero attached hydrogens (tertiary/aromatic N) is 3. The molecule has 0 aliphatic carbocycles. The van der Waals surface area contributed by atoms with Gasteiger partial charge in [-0.15, -0.1) is 0 Å². The van der Waals surface area contributed by atoms with E-state index in [1.165, 1.54) is 23.4 Å². The number of aliphatic hydroxyl groups excluding tert-OH is 2. The van der Waals surface area contributed by atoms with Gasteiger partial charge in [0.25, 0.3) is 0 Å². The molecule has 33 heavy (non-hydrogen) atoms. The average Bonchev–Trinajstić information content (AvgIpc) is 2.73. The zero-order valence-corrected chi connectivity index (χ0v) is 21.0. The Balaban J connectivity index is 2.53. The lowest BCUT2D eigenvalue weighted by Gasteiger charge is -2.37. The molecule has 1 amide bonds. The summed E-state index contributed by atoms with van der Waals surface area (Å²) in [7, 11) is 1.36. The Labute approximate surface area is 197 Å². The van der Waals surface area contributed by atoms with Gasteiger partial charge in [-0.2, -0.15) is 4.31 Å². The number of benzene rings is 1. The molecule has 1 heterocycles. The van der Waals surface area contributed by atoms with Gasteiger partial charge in [-0.3, -0.25) is 4.79 Å². The van der Waals surface area contributed by atoms with E-state index in [1.54, 1.807) is 29.8 Å². The molecule has 0 aromatic heterocycles. The Morgan fingerprint density at radius 1 is 1.30 bits per heavy atom. The molecule has 0 fully saturated rings. The minimum atomic E-state index is -3.96. The quantitative estimate of drug-likeness (QED) is 0.559. The molecule has 4 atom stereocenters. The van der Waals surface area contributed by atoms with E-state index in [0.29, 0.717) is 5.56 Å². The highest BCUT2D eigenvalue weighted by Gasteiger charge is 2.38. The fraction of sp³-hybridized carbons (Fsp3) is 0.609. The molecule has 184 valence electrons. The zero-order chi connectivity index (χ0) is 24.9. The van der Waals surface area contributed by atoms with E-state index >= 15 is 0 Å². The van der Waals surface area contributed by atoms with E-state index in [1.807, 2.05) is 21.0 Å². The standard InChI is InChI=1S/C23H35N3O6S/c1-16-12-26(17(2)15-27)33(30,31)22-10-9-19(8-7-18(3)28)11-20(22)32-21(16)13-25(6)23(29)14-24(4)5/h9-11,16-18,21,27-28H,12-15H2,1-6H3/t16-,17-,18+,21+/m0/s1. The van der Waals surface area contributed by atoms with Crippen molar-refractivity contribution in [3.05, 3.63) is 23.8 Å². The highest BCUT2D eigenvalue weighted by atomic mass is 32.2. The third kappa shape index (κ3) is 6.91. The van der Waals surface area contributed by atoms with Crippen molar-refractivity contribution in [2.24, 2.45) is 5.92 Å². The number of rotatable bonds is 6. The molecule has 1 aliphatic rings. The number of amides is 1. The van der Waals surface area contributed by atoms with Crippen LogP contribution in [-0.4, -0.2) is 104 Å². The Hall–Kier alpha value is -2.16. The summed E-state index contributed by atoms with van der Waals surface area (Å²) in [5.41, 5.74) is 0.496. The molecule has 2 rings (SSSR count). The third-order valence-corrected chi connectivity index (χ3v) is 7.44. The molecule has 0 bridgehead atoms. The van der Waals surface area contributed by atoms with Gasteiger partial charge in [0.2, 0.25) is 15.9 Å². The van der Waals surface area contributed by atoms with Crippen LogP contribution in [0.25, 0.3) is 0 Å². The maximum Gasteiger partial charge on any atom is 0.247 e. The fourth-order valence-corrected chi connectivity index (χ4v) is 5.30. The normalized spacial score (nSPS) is 22.1. The summed E-state index contributed by atoms with van der Waals surface area (Å²) >= 11 is 0. The van der Waals surface area contributed by atoms with Gasteiger partial charge in [0, 0.05) is 31.1 Å². The number of sulfonamides is 1. The van der Waals surface area contributed by atoms with Crippen molar-refractivity contribution in [3.63, 3.8) is 0 Å². The molecule has 0 saturated heterocycles. The molecular weight excluding hydrogens is 446 g/mol. The second kappa shape index (κ2) is 11.3. The first kappa shape index (κ1) is 27.1. The van der Waals surface area contributed by atoms with Crippen LogP contribution in [0.3, 0.4) is 0 Å². The van der Waals surface area contributed by atoms with E-state index in [4.69, 9.17) is 4.74 Å². The van der Waals surface area contributed by atoms with Crippen LogP contribution < -0.4 is 4.74 Å². The summed E-state index contributed by atoms with van der Waals surface area (Å²) in [4.78, 5) is 15.8. The molecular formula is C23H35N3O6S. The lowest BCUT2D eigenvalue weighted by Crippen LogP contribution is -2.50. The molecule has 1 aromatic carbocycles. The van der Waals surface area contributed by atoms with E-state index in [2.05, 4.69) is 11.8 Å². The lowest BCUT2D eigenvalue weighted by molar-refractivity contribution is -0.132. The van der Waals surface area contributed by atoms with Crippen LogP contribution in [0.1, 0.15) is 26.3 Å². The SMILES string of the molecule is C[C@@H](O)C#Cc1ccc2c(c1)O[C@H](CN(C)C(=O)CN(C)C)[C@@H](C)CN([C@@H](C)CO)S2(=O)=O. The van der Waals surface area contributed by atoms with Crippen LogP contribution in [0.15, 0.2) is 23.1 Å². The van der Waals surface area contributed by atoms with Crippen molar-refractivity contribution in [2.75, 3.05) is 47.4 Å². The molecule has 1 aliphatic heterocycles. The van der Waals surface area contributed by atoms with Gasteiger partial charge < -0.3 is 24.7 Å². The first-order chi connectivity index (χ1) is 15.4. The monoisotopic (exact) mass is 481 g/mol. The number of ether oxygens (including phenoxy) is 1. The van der Waals surface area contributed by atoms with Crippen molar-refractivity contribution >= 4 is 15.9 Å². The Bertz CT molecular complexity index is 999. The Kier molecular flexibility index (Phi) is 9.29. The predicted molar refractivity (Wildman–Crippen MR) is 125 cm³/mol. The number of hydrogen-bond acceptors (Lipinski definition) is 7. The first-order valence-corrected chi connectivity index (χ1v) is 12.3. The molecule has 0 unspecified atom stereocenters. The molecule has 1 aromatic rings. The van der Waals surface area contributed by atoms with Crippen molar-refractivity contribution in [3.8, 4) is 17.6 Å². The van der Waals surface area contributed by atoms with Gasteiger partial charge in [0.05, 0.1) is 19.7 Å². The highest BCUT2D eigenvalue weighted by Crippen LogP contribution is 2.34. The minimum Gasteiger partial charge on any atom is -0.487 e. The van der Waals surface area contributed by atoms with Gasteiger partial charge in [0.15, 0.2) is 0 Å². The van der Waals surface area contributed by atoms with Crippen molar-refractivity contribution in [1.82, 2.24) is 14.1 Å². The van der Waals surface area contributed by atoms with Crippen LogP contribution in [0.2, 0.25) is 0 Å². The molecule has 10 heteroatoms. The maximum absolute atomic E-state index is 13.4. The Morgan fingerprint density at radius 3 is 2.55 bits per heavy atom. The van der Waals surface area contributed by atoms with E-state index in [0.717, 1.165) is 0 Å². The van der Waals surface area contributed by atoms with Crippen molar-refractivity contribution in [2.45, 2.75) is 43.9 Å². The number of aliphatic hydroxyl groups is 2. The Morgan fingerprint density at radius 2 is 1.97 bits per heavy atom. The van der Waals surface area contributed by atoms with Crippen molar-refractivity contribution in [1.29, 1.82) is 0 Å². The van der Waals surface area contributed by atoms with E-state index in [9.17, 15) is 23.4 Å². The van der Waals surface area contributed by atoms with Gasteiger partial charge in [-0.05, 0) is 46.1 Å². The highest BCUT2D eigenvalue weighted by molar-refractivity contribution is 7.89. The summed E-state index contributed by atoms with van der Waals surface area (Å²) < 4.78 is 34.4. The van der Waals surface area contributed by atoms with Gasteiger partial charge in [-0.1, -0.05) is 18.8 Å². The third-order valence-electron chi connectivity index (χ3n) is 5.42. The smallest absolute Gasteiger partial charge is 0.247 e. The average molecular weight is 482 g/mol. The minimum absolute atomic E-state index is 0.0235. The molecule has 2 N–H and O–H groups in total. The van der Waals surface area contributed by atoms with E-state index < -0.39 is 28.3 Å². The maximum atomic E-state index is 13.4. The predicted octanol–water partition coefficient (Wildman–Crippen LogP) is 0.208. The van der Waals surface area contributed by atoms with Gasteiger partial charge >= 0.3 is 0 Å². The summed E-state index contributed by atoms with van der Waals surface area (Å²) in [5.74, 6) is 5.23. The van der Waals surface area contributed by atoms with Crippen LogP contribution in [0.5, 0.6) is 5.75 Å². The fourth-order valence-electron chi connectivity index (χ4n) is 3.47. The van der Waals surface area contributed by atoms with Crippen molar-refractivity contribution < 1.29 is 28.2 Å². The zero-order valence-electron chi connectivity index (χ0n) is 20.1. The summed E-state index contributed by atoms with van der Waals surface area (Å²) in [6.45, 7) is 5.36. The second-order valence-electron chi connectivity index (χ2n) is 8.86. The number of carbonyl (C=O) groups is 1. The lowest BCUT2D eigenvalue weighted by atomic mass is 10.0.